The van der Waals surface area contributed by atoms with Crippen molar-refractivity contribution in [3.05, 3.63) is 29.8 Å². The Morgan fingerprint density at radius 3 is 2.59 bits per heavy atom. The molecule has 2 rings (SSSR count). The molecule has 6 nitrogen and oxygen atoms in total. The first kappa shape index (κ1) is 23.8. The van der Waals surface area contributed by atoms with Crippen molar-refractivity contribution in [2.45, 2.75) is 38.5 Å². The molecule has 2 unspecified atom stereocenters. The van der Waals surface area contributed by atoms with E-state index in [1.165, 1.54) is 25.0 Å². The van der Waals surface area contributed by atoms with Crippen LogP contribution in [0, 0.1) is 0 Å². The Bertz CT molecular complexity index is 575. The summed E-state index contributed by atoms with van der Waals surface area (Å²) in [7, 11) is 2.12. The molecule has 0 aromatic heterocycles. The monoisotopic (exact) mass is 498 g/mol. The first-order chi connectivity index (χ1) is 12.5. The number of guanidine groups is 1. The van der Waals surface area contributed by atoms with Gasteiger partial charge in [0, 0.05) is 19.1 Å². The number of likely N-dealkylation sites (N-methyl/N-ethyl adjacent to an activating group) is 1. The molecule has 0 aliphatic carbocycles. The van der Waals surface area contributed by atoms with E-state index < -0.39 is 12.7 Å². The zero-order valence-corrected chi connectivity index (χ0v) is 18.0. The van der Waals surface area contributed by atoms with E-state index in [0.717, 1.165) is 19.6 Å². The van der Waals surface area contributed by atoms with E-state index in [4.69, 9.17) is 0 Å². The number of aliphatic hydroxyl groups is 1. The number of alkyl halides is 2. The van der Waals surface area contributed by atoms with Crippen LogP contribution in [0.4, 0.5) is 8.78 Å². The van der Waals surface area contributed by atoms with E-state index in [-0.39, 0.29) is 36.3 Å². The van der Waals surface area contributed by atoms with Crippen LogP contribution in [0.5, 0.6) is 5.75 Å². The van der Waals surface area contributed by atoms with Gasteiger partial charge in [-0.15, -0.1) is 24.0 Å². The number of nitrogens with one attached hydrogen (secondary N) is 2. The lowest BCUT2D eigenvalue weighted by Gasteiger charge is -2.21. The van der Waals surface area contributed by atoms with Crippen LogP contribution in [0.15, 0.2) is 29.3 Å². The summed E-state index contributed by atoms with van der Waals surface area (Å²) in [6.45, 7) is 1.94. The standard InChI is InChI=1S/C18H28F2N4O2.HI/c1-3-21-18(22-11-14-5-4-10-24(14)2)23-12-16(25)13-6-8-15(9-7-13)26-17(19)20;/h6-9,14,16-17,25H,3-5,10-12H2,1-2H3,(H2,21,22,23);1H. The van der Waals surface area contributed by atoms with Crippen molar-refractivity contribution in [1.29, 1.82) is 0 Å². The van der Waals surface area contributed by atoms with Crippen LogP contribution in [-0.2, 0) is 0 Å². The number of likely N-dealkylation sites (tertiary alicyclic amines) is 1. The second kappa shape index (κ2) is 12.3. The number of nitrogens with zero attached hydrogens (tertiary/aromatic N) is 2. The van der Waals surface area contributed by atoms with Crippen molar-refractivity contribution in [3.8, 4) is 5.75 Å². The molecule has 1 aliphatic rings. The number of hydrogen-bond acceptors (Lipinski definition) is 4. The Kier molecular flexibility index (Phi) is 10.9. The highest BCUT2D eigenvalue weighted by Gasteiger charge is 2.20. The maximum atomic E-state index is 12.2. The molecule has 1 saturated heterocycles. The molecule has 1 aromatic carbocycles. The zero-order valence-electron chi connectivity index (χ0n) is 15.7. The first-order valence-electron chi connectivity index (χ1n) is 8.94. The van der Waals surface area contributed by atoms with Gasteiger partial charge in [0.05, 0.1) is 12.6 Å². The average Bonchev–Trinajstić information content (AvgIpc) is 3.02. The lowest BCUT2D eigenvalue weighted by Crippen LogP contribution is -2.44. The van der Waals surface area contributed by atoms with Crippen molar-refractivity contribution < 1.29 is 18.6 Å². The van der Waals surface area contributed by atoms with Gasteiger partial charge in [-0.1, -0.05) is 12.1 Å². The maximum absolute atomic E-state index is 12.2. The molecule has 1 heterocycles. The Balaban J connectivity index is 0.00000364. The lowest BCUT2D eigenvalue weighted by molar-refractivity contribution is -0.0498. The zero-order chi connectivity index (χ0) is 18.9. The summed E-state index contributed by atoms with van der Waals surface area (Å²) in [5.74, 6) is 0.722. The van der Waals surface area contributed by atoms with Gasteiger partial charge >= 0.3 is 6.61 Å². The molecule has 0 radical (unpaired) electrons. The molecule has 0 amide bonds. The van der Waals surface area contributed by atoms with Gasteiger partial charge in [0.15, 0.2) is 5.96 Å². The summed E-state index contributed by atoms with van der Waals surface area (Å²) in [4.78, 5) is 6.75. The van der Waals surface area contributed by atoms with Gasteiger partial charge in [0.2, 0.25) is 0 Å². The minimum absolute atomic E-state index is 0. The summed E-state index contributed by atoms with van der Waals surface area (Å²) in [5, 5.41) is 16.8. The summed E-state index contributed by atoms with van der Waals surface area (Å²) in [6, 6.07) is 6.44. The third kappa shape index (κ3) is 8.14. The van der Waals surface area contributed by atoms with E-state index in [1.807, 2.05) is 6.92 Å². The highest BCUT2D eigenvalue weighted by Crippen LogP contribution is 2.19. The molecule has 27 heavy (non-hydrogen) atoms. The highest BCUT2D eigenvalue weighted by atomic mass is 127. The fraction of sp³-hybridized carbons (Fsp3) is 0.611. The molecule has 0 bridgehead atoms. The Morgan fingerprint density at radius 2 is 2.04 bits per heavy atom. The summed E-state index contributed by atoms with van der Waals surface area (Å²) >= 11 is 0. The second-order valence-electron chi connectivity index (χ2n) is 6.34. The number of rotatable bonds is 8. The van der Waals surface area contributed by atoms with Gasteiger partial charge in [0.1, 0.15) is 5.75 Å². The van der Waals surface area contributed by atoms with Gasteiger partial charge in [-0.2, -0.15) is 8.78 Å². The van der Waals surface area contributed by atoms with E-state index in [2.05, 4.69) is 32.3 Å². The Hall–Kier alpha value is -1.20. The Morgan fingerprint density at radius 1 is 1.33 bits per heavy atom. The van der Waals surface area contributed by atoms with Crippen molar-refractivity contribution in [2.24, 2.45) is 4.99 Å². The van der Waals surface area contributed by atoms with Gasteiger partial charge in [0.25, 0.3) is 0 Å². The number of benzene rings is 1. The number of aliphatic hydroxyl groups excluding tert-OH is 1. The lowest BCUT2D eigenvalue weighted by atomic mass is 10.1. The highest BCUT2D eigenvalue weighted by molar-refractivity contribution is 14.0. The molecule has 1 aliphatic heterocycles. The predicted molar refractivity (Wildman–Crippen MR) is 113 cm³/mol. The molecule has 0 spiro atoms. The van der Waals surface area contributed by atoms with Crippen LogP contribution in [-0.4, -0.2) is 61.8 Å². The number of ether oxygens (including phenoxy) is 1. The van der Waals surface area contributed by atoms with Crippen LogP contribution in [0.25, 0.3) is 0 Å². The average molecular weight is 498 g/mol. The molecular formula is C18H29F2IN4O2. The van der Waals surface area contributed by atoms with E-state index >= 15 is 0 Å². The summed E-state index contributed by atoms with van der Waals surface area (Å²) in [5.41, 5.74) is 0.599. The quantitative estimate of drug-likeness (QED) is 0.292. The number of halogens is 3. The summed E-state index contributed by atoms with van der Waals surface area (Å²) < 4.78 is 28.6. The van der Waals surface area contributed by atoms with Crippen LogP contribution in [0.1, 0.15) is 31.4 Å². The maximum Gasteiger partial charge on any atom is 0.387 e. The van der Waals surface area contributed by atoms with Gasteiger partial charge in [-0.25, -0.2) is 0 Å². The molecule has 9 heteroatoms. The number of hydrogen-bond donors (Lipinski definition) is 3. The van der Waals surface area contributed by atoms with E-state index in [9.17, 15) is 13.9 Å². The minimum Gasteiger partial charge on any atom is -0.435 e. The van der Waals surface area contributed by atoms with Gasteiger partial charge < -0.3 is 25.4 Å². The van der Waals surface area contributed by atoms with Gasteiger partial charge in [-0.05, 0) is 51.1 Å². The van der Waals surface area contributed by atoms with Crippen molar-refractivity contribution in [2.75, 3.05) is 33.2 Å². The fourth-order valence-corrected chi connectivity index (χ4v) is 2.95. The number of aliphatic imine (C=N–C) groups is 1. The Labute approximate surface area is 176 Å². The minimum atomic E-state index is -2.86. The molecule has 154 valence electrons. The fourth-order valence-electron chi connectivity index (χ4n) is 2.95. The molecule has 1 fully saturated rings. The smallest absolute Gasteiger partial charge is 0.387 e. The first-order valence-corrected chi connectivity index (χ1v) is 8.94. The van der Waals surface area contributed by atoms with Crippen molar-refractivity contribution >= 4 is 29.9 Å². The predicted octanol–water partition coefficient (Wildman–Crippen LogP) is 2.59. The molecule has 3 N–H and O–H groups in total. The normalized spacial score (nSPS) is 18.9. The molecule has 1 aromatic rings. The SMILES string of the molecule is CCNC(=NCC(O)c1ccc(OC(F)F)cc1)NCC1CCCN1C.I. The van der Waals surface area contributed by atoms with E-state index in [0.29, 0.717) is 17.6 Å². The second-order valence-corrected chi connectivity index (χ2v) is 6.34. The molecule has 0 saturated carbocycles. The van der Waals surface area contributed by atoms with Gasteiger partial charge in [-0.3, -0.25) is 4.99 Å². The summed E-state index contributed by atoms with van der Waals surface area (Å²) in [6.07, 6.45) is 1.55. The molecule has 2 atom stereocenters. The van der Waals surface area contributed by atoms with Crippen LogP contribution in [0.2, 0.25) is 0 Å². The molecular weight excluding hydrogens is 469 g/mol. The van der Waals surface area contributed by atoms with Crippen molar-refractivity contribution in [3.63, 3.8) is 0 Å². The van der Waals surface area contributed by atoms with Crippen LogP contribution in [0.3, 0.4) is 0 Å². The topological polar surface area (TPSA) is 69.1 Å². The van der Waals surface area contributed by atoms with Crippen molar-refractivity contribution in [1.82, 2.24) is 15.5 Å². The third-order valence-corrected chi connectivity index (χ3v) is 4.43. The van der Waals surface area contributed by atoms with Crippen LogP contribution >= 0.6 is 24.0 Å². The van der Waals surface area contributed by atoms with E-state index in [1.54, 1.807) is 12.1 Å². The largest absolute Gasteiger partial charge is 0.435 e. The third-order valence-electron chi connectivity index (χ3n) is 4.43. The van der Waals surface area contributed by atoms with Crippen LogP contribution < -0.4 is 15.4 Å².